The normalized spacial score (nSPS) is 20.8. The summed E-state index contributed by atoms with van der Waals surface area (Å²) >= 11 is 0. The molecule has 2 saturated heterocycles. The molecule has 0 bridgehead atoms. The third-order valence-electron chi connectivity index (χ3n) is 7.96. The van der Waals surface area contributed by atoms with Crippen molar-refractivity contribution in [3.05, 3.63) is 70.5 Å². The molecule has 2 aliphatic rings. The summed E-state index contributed by atoms with van der Waals surface area (Å²) in [4.78, 5) is 32.0. The summed E-state index contributed by atoms with van der Waals surface area (Å²) in [7, 11) is 1.45. The van der Waals surface area contributed by atoms with Crippen LogP contribution < -0.4 is 0 Å². The Morgan fingerprint density at radius 2 is 1.77 bits per heavy atom. The van der Waals surface area contributed by atoms with Crippen LogP contribution >= 0.6 is 0 Å². The second kappa shape index (κ2) is 11.1. The molecule has 4 rings (SSSR count). The number of hydrogen-bond acceptors (Lipinski definition) is 4. The second-order valence-electron chi connectivity index (χ2n) is 10.5. The van der Waals surface area contributed by atoms with Crippen molar-refractivity contribution in [2.45, 2.75) is 51.0 Å². The molecule has 0 aliphatic carbocycles. The summed E-state index contributed by atoms with van der Waals surface area (Å²) in [5.74, 6) is -1.20. The number of carbonyl (C=O) groups excluding carboxylic acids is 2. The zero-order chi connectivity index (χ0) is 28.5. The molecule has 2 aliphatic heterocycles. The number of halogens is 4. The third kappa shape index (κ3) is 5.60. The van der Waals surface area contributed by atoms with Gasteiger partial charge in [0.25, 0.3) is 0 Å². The maximum atomic E-state index is 14.0. The molecule has 2 N–H and O–H groups in total. The third-order valence-corrected chi connectivity index (χ3v) is 7.96. The Bertz CT molecular complexity index is 1220. The Labute approximate surface area is 224 Å². The average molecular weight is 552 g/mol. The van der Waals surface area contributed by atoms with Crippen LogP contribution in [0.2, 0.25) is 0 Å². The van der Waals surface area contributed by atoms with E-state index in [1.54, 1.807) is 9.80 Å². The van der Waals surface area contributed by atoms with E-state index in [4.69, 9.17) is 0 Å². The summed E-state index contributed by atoms with van der Waals surface area (Å²) in [5.41, 5.74) is -0.339. The number of carbonyl (C=O) groups is 2. The Morgan fingerprint density at radius 1 is 1.10 bits per heavy atom. The van der Waals surface area contributed by atoms with Crippen LogP contribution in [0.5, 0.6) is 0 Å². The highest BCUT2D eigenvalue weighted by Gasteiger charge is 2.56. The summed E-state index contributed by atoms with van der Waals surface area (Å²) in [5, 5.41) is 19.4. The fourth-order valence-corrected chi connectivity index (χ4v) is 6.11. The van der Waals surface area contributed by atoms with Crippen molar-refractivity contribution < 1.29 is 37.4 Å². The van der Waals surface area contributed by atoms with Gasteiger partial charge in [-0.1, -0.05) is 24.3 Å². The number of hydrogen-bond donors (Lipinski definition) is 2. The molecule has 0 aromatic heterocycles. The molecule has 11 heteroatoms. The quantitative estimate of drug-likeness (QED) is 0.508. The summed E-state index contributed by atoms with van der Waals surface area (Å²) in [6.07, 6.45) is -4.02. The van der Waals surface area contributed by atoms with E-state index in [9.17, 15) is 37.4 Å². The van der Waals surface area contributed by atoms with Crippen molar-refractivity contribution in [2.75, 3.05) is 33.4 Å². The van der Waals surface area contributed by atoms with E-state index in [0.29, 0.717) is 12.5 Å². The number of rotatable bonds is 7. The molecule has 212 valence electrons. The number of amides is 3. The summed E-state index contributed by atoms with van der Waals surface area (Å²) in [6, 6.07) is 8.26. The van der Waals surface area contributed by atoms with Crippen LogP contribution in [-0.4, -0.2) is 76.2 Å². The van der Waals surface area contributed by atoms with Gasteiger partial charge in [0.15, 0.2) is 0 Å². The van der Waals surface area contributed by atoms with Crippen LogP contribution in [0.4, 0.5) is 22.4 Å². The number of fused-ring (bicyclic) bond motifs is 1. The smallest absolute Gasteiger partial charge is 0.396 e. The van der Waals surface area contributed by atoms with Gasteiger partial charge in [-0.25, -0.2) is 9.18 Å². The maximum absolute atomic E-state index is 14.0. The minimum atomic E-state index is -4.73. The molecule has 2 unspecified atom stereocenters. The molecular formula is C28H33F4N3O4. The van der Waals surface area contributed by atoms with Gasteiger partial charge in [-0.15, -0.1) is 0 Å². The molecule has 39 heavy (non-hydrogen) atoms. The van der Waals surface area contributed by atoms with E-state index in [2.05, 4.69) is 0 Å². The van der Waals surface area contributed by atoms with Crippen LogP contribution in [0.25, 0.3) is 0 Å². The van der Waals surface area contributed by atoms with Gasteiger partial charge in [0.2, 0.25) is 5.91 Å². The molecular weight excluding hydrogens is 518 g/mol. The SMILES string of the molecule is Cc1ccccc1C1C2CC(CCO)(CCO)C(=O)N2CCN1C(=O)N(C)Cc1cc(F)cc(C(F)(F)F)c1. The topological polar surface area (TPSA) is 84.3 Å². The van der Waals surface area contributed by atoms with Gasteiger partial charge >= 0.3 is 12.2 Å². The van der Waals surface area contributed by atoms with Gasteiger partial charge in [0, 0.05) is 39.9 Å². The monoisotopic (exact) mass is 551 g/mol. The maximum Gasteiger partial charge on any atom is 0.416 e. The largest absolute Gasteiger partial charge is 0.416 e. The number of benzene rings is 2. The molecule has 2 fully saturated rings. The Kier molecular flexibility index (Phi) is 8.22. The Morgan fingerprint density at radius 3 is 2.38 bits per heavy atom. The highest BCUT2D eigenvalue weighted by molar-refractivity contribution is 5.86. The first kappa shape index (κ1) is 28.8. The molecule has 0 spiro atoms. The molecule has 0 radical (unpaired) electrons. The van der Waals surface area contributed by atoms with E-state index in [-0.39, 0.29) is 57.2 Å². The van der Waals surface area contributed by atoms with Gasteiger partial charge in [0.1, 0.15) is 5.82 Å². The van der Waals surface area contributed by atoms with Crippen molar-refractivity contribution in [1.82, 2.24) is 14.7 Å². The van der Waals surface area contributed by atoms with Crippen LogP contribution in [0.1, 0.15) is 47.6 Å². The standard InChI is InChI=1S/C28H33F4N3O4/c1-18-5-3-4-6-22(18)24-23-16-27(7-11-36,8-12-37)25(38)34(23)9-10-35(24)26(39)33(2)17-19-13-20(28(30,31)32)15-21(29)14-19/h3-6,13-15,23-24,36-37H,7-12,16-17H2,1-2H3. The Hall–Kier alpha value is -3.18. The van der Waals surface area contributed by atoms with E-state index in [1.807, 2.05) is 31.2 Å². The van der Waals surface area contributed by atoms with Gasteiger partial charge in [-0.2, -0.15) is 13.2 Å². The number of urea groups is 1. The van der Waals surface area contributed by atoms with Gasteiger partial charge < -0.3 is 24.9 Å². The lowest BCUT2D eigenvalue weighted by molar-refractivity contribution is -0.140. The molecule has 3 amide bonds. The fourth-order valence-electron chi connectivity index (χ4n) is 6.11. The predicted molar refractivity (Wildman–Crippen MR) is 135 cm³/mol. The van der Waals surface area contributed by atoms with Crippen molar-refractivity contribution >= 4 is 11.9 Å². The minimum absolute atomic E-state index is 0.00482. The van der Waals surface area contributed by atoms with E-state index < -0.39 is 41.1 Å². The lowest BCUT2D eigenvalue weighted by Crippen LogP contribution is -2.57. The van der Waals surface area contributed by atoms with Crippen LogP contribution in [-0.2, 0) is 17.5 Å². The van der Waals surface area contributed by atoms with Crippen LogP contribution in [0, 0.1) is 18.2 Å². The molecule has 2 heterocycles. The number of piperazine rings is 1. The molecule has 2 atom stereocenters. The van der Waals surface area contributed by atoms with Crippen molar-refractivity contribution in [3.8, 4) is 0 Å². The van der Waals surface area contributed by atoms with Gasteiger partial charge in [-0.3, -0.25) is 4.79 Å². The van der Waals surface area contributed by atoms with Crippen LogP contribution in [0.15, 0.2) is 42.5 Å². The number of aryl methyl sites for hydroxylation is 1. The lowest BCUT2D eigenvalue weighted by Gasteiger charge is -2.46. The first-order valence-corrected chi connectivity index (χ1v) is 12.9. The second-order valence-corrected chi connectivity index (χ2v) is 10.5. The highest BCUT2D eigenvalue weighted by atomic mass is 19.4. The fraction of sp³-hybridized carbons (Fsp3) is 0.500. The van der Waals surface area contributed by atoms with Gasteiger partial charge in [0.05, 0.1) is 23.1 Å². The lowest BCUT2D eigenvalue weighted by atomic mass is 9.77. The summed E-state index contributed by atoms with van der Waals surface area (Å²) < 4.78 is 53.7. The number of alkyl halides is 3. The van der Waals surface area contributed by atoms with E-state index in [0.717, 1.165) is 23.3 Å². The number of nitrogens with zero attached hydrogens (tertiary/aromatic N) is 3. The van der Waals surface area contributed by atoms with Gasteiger partial charge in [-0.05, 0) is 61.1 Å². The highest BCUT2D eigenvalue weighted by Crippen LogP contribution is 2.49. The molecule has 7 nitrogen and oxygen atoms in total. The first-order chi connectivity index (χ1) is 18.4. The zero-order valence-corrected chi connectivity index (χ0v) is 21.9. The molecule has 0 saturated carbocycles. The van der Waals surface area contributed by atoms with Crippen molar-refractivity contribution in [1.29, 1.82) is 0 Å². The van der Waals surface area contributed by atoms with E-state index >= 15 is 0 Å². The molecule has 2 aromatic carbocycles. The predicted octanol–water partition coefficient (Wildman–Crippen LogP) is 4.11. The van der Waals surface area contributed by atoms with E-state index in [1.165, 1.54) is 11.9 Å². The minimum Gasteiger partial charge on any atom is -0.396 e. The molecule has 2 aromatic rings. The summed E-state index contributed by atoms with van der Waals surface area (Å²) in [6.45, 7) is 1.62. The van der Waals surface area contributed by atoms with Crippen molar-refractivity contribution in [2.24, 2.45) is 5.41 Å². The number of aliphatic hydroxyl groups excluding tert-OH is 2. The van der Waals surface area contributed by atoms with Crippen LogP contribution in [0.3, 0.4) is 0 Å². The number of aliphatic hydroxyl groups is 2. The first-order valence-electron chi connectivity index (χ1n) is 12.9. The average Bonchev–Trinajstić information content (AvgIpc) is 3.14. The van der Waals surface area contributed by atoms with Crippen molar-refractivity contribution in [3.63, 3.8) is 0 Å². The Balaban J connectivity index is 1.67. The zero-order valence-electron chi connectivity index (χ0n) is 21.9.